The lowest BCUT2D eigenvalue weighted by Gasteiger charge is -2.30. The SMILES string of the molecule is CCOC(=O)C1CCN(C(=O)COC(=O)c2ccccc2SCC(=O)N2CCCC2)CC1. The third kappa shape index (κ3) is 6.48. The highest BCUT2D eigenvalue weighted by molar-refractivity contribution is 8.00. The zero-order valence-corrected chi connectivity index (χ0v) is 19.2. The molecule has 0 spiro atoms. The van der Waals surface area contributed by atoms with Crippen molar-refractivity contribution in [3.8, 4) is 0 Å². The number of piperidine rings is 1. The van der Waals surface area contributed by atoms with Gasteiger partial charge in [-0.2, -0.15) is 0 Å². The number of amides is 2. The second-order valence-electron chi connectivity index (χ2n) is 7.86. The molecule has 2 heterocycles. The zero-order chi connectivity index (χ0) is 22.9. The number of hydrogen-bond donors (Lipinski definition) is 0. The summed E-state index contributed by atoms with van der Waals surface area (Å²) >= 11 is 1.31. The van der Waals surface area contributed by atoms with Crippen molar-refractivity contribution in [2.24, 2.45) is 5.92 Å². The van der Waals surface area contributed by atoms with Crippen molar-refractivity contribution >= 4 is 35.5 Å². The van der Waals surface area contributed by atoms with Crippen molar-refractivity contribution in [2.75, 3.05) is 45.1 Å². The minimum atomic E-state index is -0.587. The summed E-state index contributed by atoms with van der Waals surface area (Å²) in [6.07, 6.45) is 3.16. The predicted molar refractivity (Wildman–Crippen MR) is 119 cm³/mol. The van der Waals surface area contributed by atoms with Crippen LogP contribution in [0.25, 0.3) is 0 Å². The quantitative estimate of drug-likeness (QED) is 0.432. The number of nitrogens with zero attached hydrogens (tertiary/aromatic N) is 2. The maximum Gasteiger partial charge on any atom is 0.339 e. The average molecular weight is 463 g/mol. The third-order valence-electron chi connectivity index (χ3n) is 5.71. The molecule has 9 heteroatoms. The summed E-state index contributed by atoms with van der Waals surface area (Å²) in [6, 6.07) is 6.95. The predicted octanol–water partition coefficient (Wildman–Crippen LogP) is 2.36. The van der Waals surface area contributed by atoms with Gasteiger partial charge < -0.3 is 19.3 Å². The molecule has 0 radical (unpaired) electrons. The van der Waals surface area contributed by atoms with Crippen LogP contribution in [0.5, 0.6) is 0 Å². The summed E-state index contributed by atoms with van der Waals surface area (Å²) in [4.78, 5) is 53.3. The molecule has 2 saturated heterocycles. The molecule has 2 amide bonds. The number of likely N-dealkylation sites (tertiary alicyclic amines) is 2. The van der Waals surface area contributed by atoms with Gasteiger partial charge in [0.1, 0.15) is 0 Å². The van der Waals surface area contributed by atoms with Gasteiger partial charge >= 0.3 is 11.9 Å². The van der Waals surface area contributed by atoms with Crippen molar-refractivity contribution in [1.29, 1.82) is 0 Å². The molecule has 0 saturated carbocycles. The molecule has 0 aromatic heterocycles. The maximum atomic E-state index is 12.6. The molecule has 3 rings (SSSR count). The monoisotopic (exact) mass is 462 g/mol. The van der Waals surface area contributed by atoms with E-state index in [0.29, 0.717) is 43.0 Å². The van der Waals surface area contributed by atoms with Crippen molar-refractivity contribution < 1.29 is 28.7 Å². The Bertz CT molecular complexity index is 832. The molecule has 1 aromatic rings. The fourth-order valence-corrected chi connectivity index (χ4v) is 4.82. The van der Waals surface area contributed by atoms with Gasteiger partial charge in [-0.15, -0.1) is 11.8 Å². The van der Waals surface area contributed by atoms with E-state index in [1.807, 2.05) is 4.90 Å². The zero-order valence-electron chi connectivity index (χ0n) is 18.4. The molecular weight excluding hydrogens is 432 g/mol. The largest absolute Gasteiger partial charge is 0.466 e. The fraction of sp³-hybridized carbons (Fsp3) is 0.565. The van der Waals surface area contributed by atoms with E-state index in [-0.39, 0.29) is 36.1 Å². The molecule has 2 aliphatic heterocycles. The molecule has 0 atom stereocenters. The number of benzene rings is 1. The van der Waals surface area contributed by atoms with Crippen molar-refractivity contribution in [1.82, 2.24) is 9.80 Å². The van der Waals surface area contributed by atoms with Crippen LogP contribution in [0.2, 0.25) is 0 Å². The highest BCUT2D eigenvalue weighted by atomic mass is 32.2. The topological polar surface area (TPSA) is 93.2 Å². The molecule has 2 aliphatic rings. The summed E-state index contributed by atoms with van der Waals surface area (Å²) in [7, 11) is 0. The van der Waals surface area contributed by atoms with Crippen LogP contribution in [-0.2, 0) is 23.9 Å². The smallest absolute Gasteiger partial charge is 0.339 e. The van der Waals surface area contributed by atoms with Gasteiger partial charge in [-0.3, -0.25) is 14.4 Å². The van der Waals surface area contributed by atoms with Gasteiger partial charge in [-0.1, -0.05) is 12.1 Å². The first-order valence-electron chi connectivity index (χ1n) is 11.1. The molecule has 32 heavy (non-hydrogen) atoms. The lowest BCUT2D eigenvalue weighted by molar-refractivity contribution is -0.151. The van der Waals surface area contributed by atoms with E-state index < -0.39 is 5.97 Å². The summed E-state index contributed by atoms with van der Waals surface area (Å²) in [5, 5.41) is 0. The number of rotatable bonds is 8. The first kappa shape index (κ1) is 24.1. The van der Waals surface area contributed by atoms with Gasteiger partial charge in [0, 0.05) is 31.1 Å². The van der Waals surface area contributed by atoms with Crippen LogP contribution in [0, 0.1) is 5.92 Å². The van der Waals surface area contributed by atoms with Gasteiger partial charge in [-0.05, 0) is 44.7 Å². The van der Waals surface area contributed by atoms with E-state index in [9.17, 15) is 19.2 Å². The highest BCUT2D eigenvalue weighted by Gasteiger charge is 2.29. The van der Waals surface area contributed by atoms with E-state index >= 15 is 0 Å². The maximum absolute atomic E-state index is 12.6. The number of thioether (sulfide) groups is 1. The average Bonchev–Trinajstić information content (AvgIpc) is 3.36. The van der Waals surface area contributed by atoms with E-state index in [4.69, 9.17) is 9.47 Å². The summed E-state index contributed by atoms with van der Waals surface area (Å²) in [5.74, 6) is -0.945. The Labute approximate surface area is 192 Å². The van der Waals surface area contributed by atoms with Crippen molar-refractivity contribution in [3.63, 3.8) is 0 Å². The van der Waals surface area contributed by atoms with Crippen molar-refractivity contribution in [2.45, 2.75) is 37.5 Å². The molecule has 0 N–H and O–H groups in total. The Kier molecular flexibility index (Phi) is 8.96. The first-order valence-corrected chi connectivity index (χ1v) is 12.1. The van der Waals surface area contributed by atoms with E-state index in [1.165, 1.54) is 11.8 Å². The molecular formula is C23H30N2O6S. The van der Waals surface area contributed by atoms with Gasteiger partial charge in [-0.25, -0.2) is 4.79 Å². The molecule has 2 fully saturated rings. The van der Waals surface area contributed by atoms with E-state index in [2.05, 4.69) is 0 Å². The molecule has 174 valence electrons. The van der Waals surface area contributed by atoms with E-state index in [0.717, 1.165) is 25.9 Å². The van der Waals surface area contributed by atoms with Gasteiger partial charge in [0.05, 0.1) is 23.8 Å². The summed E-state index contributed by atoms with van der Waals surface area (Å²) in [6.45, 7) is 4.22. The number of ether oxygens (including phenoxy) is 2. The normalized spacial score (nSPS) is 16.7. The molecule has 0 aliphatic carbocycles. The Hall–Kier alpha value is -2.55. The summed E-state index contributed by atoms with van der Waals surface area (Å²) in [5.41, 5.74) is 0.348. The number of carbonyl (C=O) groups is 4. The van der Waals surface area contributed by atoms with Gasteiger partial charge in [0.25, 0.3) is 5.91 Å². The fourth-order valence-electron chi connectivity index (χ4n) is 3.88. The molecule has 0 unspecified atom stereocenters. The number of hydrogen-bond acceptors (Lipinski definition) is 7. The molecule has 8 nitrogen and oxygen atoms in total. The standard InChI is InChI=1S/C23H30N2O6S/c1-2-30-22(28)17-9-13-25(14-10-17)20(26)15-31-23(29)18-7-3-4-8-19(18)32-16-21(27)24-11-5-6-12-24/h3-4,7-8,17H,2,5-6,9-16H2,1H3. The van der Waals surface area contributed by atoms with Gasteiger partial charge in [0.2, 0.25) is 5.91 Å². The van der Waals surface area contributed by atoms with Crippen LogP contribution in [0.15, 0.2) is 29.2 Å². The molecule has 0 bridgehead atoms. The highest BCUT2D eigenvalue weighted by Crippen LogP contribution is 2.25. The Balaban J connectivity index is 1.47. The van der Waals surface area contributed by atoms with Crippen LogP contribution in [-0.4, -0.2) is 78.7 Å². The van der Waals surface area contributed by atoms with Crippen LogP contribution < -0.4 is 0 Å². The first-order chi connectivity index (χ1) is 15.5. The Morgan fingerprint density at radius 3 is 2.28 bits per heavy atom. The van der Waals surface area contributed by atoms with Crippen LogP contribution in [0.3, 0.4) is 0 Å². The lowest BCUT2D eigenvalue weighted by Crippen LogP contribution is -2.42. The third-order valence-corrected chi connectivity index (χ3v) is 6.77. The van der Waals surface area contributed by atoms with Gasteiger partial charge in [0.15, 0.2) is 6.61 Å². The number of carbonyl (C=O) groups excluding carboxylic acids is 4. The second-order valence-corrected chi connectivity index (χ2v) is 8.87. The summed E-state index contributed by atoms with van der Waals surface area (Å²) < 4.78 is 10.3. The number of esters is 2. The minimum Gasteiger partial charge on any atom is -0.466 e. The van der Waals surface area contributed by atoms with Crippen LogP contribution >= 0.6 is 11.8 Å². The minimum absolute atomic E-state index is 0.0667. The van der Waals surface area contributed by atoms with E-state index in [1.54, 1.807) is 36.1 Å². The lowest BCUT2D eigenvalue weighted by atomic mass is 9.97. The van der Waals surface area contributed by atoms with Crippen LogP contribution in [0.1, 0.15) is 43.0 Å². The Morgan fingerprint density at radius 2 is 1.59 bits per heavy atom. The second kappa shape index (κ2) is 11.9. The molecule has 1 aromatic carbocycles. The van der Waals surface area contributed by atoms with Crippen molar-refractivity contribution in [3.05, 3.63) is 29.8 Å². The Morgan fingerprint density at radius 1 is 0.938 bits per heavy atom. The van der Waals surface area contributed by atoms with Crippen LogP contribution in [0.4, 0.5) is 0 Å².